The van der Waals surface area contributed by atoms with Gasteiger partial charge in [0.15, 0.2) is 0 Å². The molecular formula is C8H16N2O5. The fourth-order valence-electron chi connectivity index (χ4n) is 0.733. The topological polar surface area (TPSA) is 136 Å². The number of aliphatic hydroxyl groups excluding tert-OH is 1. The third kappa shape index (κ3) is 4.24. The molecule has 0 amide bonds. The van der Waals surface area contributed by atoms with Crippen molar-refractivity contribution in [2.24, 2.45) is 11.5 Å². The largest absolute Gasteiger partial charge is 0.480 e. The first-order chi connectivity index (χ1) is 6.77. The van der Waals surface area contributed by atoms with Crippen LogP contribution in [0.5, 0.6) is 0 Å². The van der Waals surface area contributed by atoms with Gasteiger partial charge in [0.2, 0.25) is 0 Å². The Hall–Kier alpha value is -1.18. The molecule has 6 N–H and O–H groups in total. The molecule has 0 aliphatic rings. The number of nitrogens with two attached hydrogens (primary N) is 2. The summed E-state index contributed by atoms with van der Waals surface area (Å²) in [6.07, 6.45) is -2.06. The molecule has 0 fully saturated rings. The first-order valence-electron chi connectivity index (χ1n) is 4.40. The Bertz CT molecular complexity index is 243. The number of hydrogen-bond acceptors (Lipinski definition) is 6. The molecule has 0 spiro atoms. The lowest BCUT2D eigenvalue weighted by Crippen LogP contribution is -2.47. The highest BCUT2D eigenvalue weighted by Crippen LogP contribution is 2.01. The molecule has 0 aromatic rings. The molecule has 0 saturated heterocycles. The Balaban J connectivity index is 4.24. The van der Waals surface area contributed by atoms with Gasteiger partial charge in [-0.15, -0.1) is 0 Å². The molecule has 0 aromatic carbocycles. The molecular weight excluding hydrogens is 204 g/mol. The van der Waals surface area contributed by atoms with Crippen LogP contribution in [0.2, 0.25) is 0 Å². The standard InChI is InChI=1S/C8H16N2O5/c1-3(11)5(9)8(14)15-4(2)6(10)7(12)13/h3-6,11H,9-10H2,1-2H3,(H,12,13)/t3?,4-,5?,6+/m1/s1. The van der Waals surface area contributed by atoms with E-state index in [-0.39, 0.29) is 0 Å². The van der Waals surface area contributed by atoms with Crippen LogP contribution < -0.4 is 11.5 Å². The van der Waals surface area contributed by atoms with Gasteiger partial charge in [-0.3, -0.25) is 9.59 Å². The third-order valence-corrected chi connectivity index (χ3v) is 1.88. The molecule has 7 heteroatoms. The van der Waals surface area contributed by atoms with Crippen molar-refractivity contribution in [3.05, 3.63) is 0 Å². The Morgan fingerprint density at radius 1 is 1.20 bits per heavy atom. The molecule has 0 heterocycles. The van der Waals surface area contributed by atoms with E-state index in [4.69, 9.17) is 21.7 Å². The van der Waals surface area contributed by atoms with E-state index in [1.165, 1.54) is 13.8 Å². The van der Waals surface area contributed by atoms with Gasteiger partial charge in [0.25, 0.3) is 0 Å². The summed E-state index contributed by atoms with van der Waals surface area (Å²) in [7, 11) is 0. The minimum Gasteiger partial charge on any atom is -0.480 e. The molecule has 4 atom stereocenters. The van der Waals surface area contributed by atoms with Crippen molar-refractivity contribution in [3.63, 3.8) is 0 Å². The van der Waals surface area contributed by atoms with E-state index in [1.807, 2.05) is 0 Å². The van der Waals surface area contributed by atoms with Crippen molar-refractivity contribution >= 4 is 11.9 Å². The van der Waals surface area contributed by atoms with Crippen LogP contribution in [0.4, 0.5) is 0 Å². The highest BCUT2D eigenvalue weighted by molar-refractivity contribution is 5.78. The number of aliphatic carboxylic acids is 1. The second-order valence-electron chi connectivity index (χ2n) is 3.27. The van der Waals surface area contributed by atoms with Gasteiger partial charge in [-0.25, -0.2) is 0 Å². The monoisotopic (exact) mass is 220 g/mol. The number of carboxylic acids is 1. The zero-order valence-electron chi connectivity index (χ0n) is 8.58. The number of hydrogen-bond donors (Lipinski definition) is 4. The molecule has 88 valence electrons. The van der Waals surface area contributed by atoms with Gasteiger partial charge >= 0.3 is 11.9 Å². The Kier molecular flexibility index (Phi) is 5.20. The molecule has 0 saturated carbocycles. The predicted octanol–water partition coefficient (Wildman–Crippen LogP) is -1.96. The number of aliphatic hydroxyl groups is 1. The smallest absolute Gasteiger partial charge is 0.325 e. The average Bonchev–Trinajstić information content (AvgIpc) is 2.14. The van der Waals surface area contributed by atoms with Crippen LogP contribution in [-0.4, -0.2) is 46.4 Å². The van der Waals surface area contributed by atoms with Crippen LogP contribution in [0, 0.1) is 0 Å². The van der Waals surface area contributed by atoms with Gasteiger partial charge in [-0.1, -0.05) is 0 Å². The maximum Gasteiger partial charge on any atom is 0.325 e. The van der Waals surface area contributed by atoms with Crippen molar-refractivity contribution in [1.29, 1.82) is 0 Å². The normalized spacial score (nSPS) is 18.7. The van der Waals surface area contributed by atoms with Crippen LogP contribution in [0.25, 0.3) is 0 Å². The first kappa shape index (κ1) is 13.8. The summed E-state index contributed by atoms with van der Waals surface area (Å²) in [4.78, 5) is 21.6. The zero-order valence-corrected chi connectivity index (χ0v) is 8.58. The molecule has 2 unspecified atom stereocenters. The van der Waals surface area contributed by atoms with E-state index in [0.717, 1.165) is 0 Å². The lowest BCUT2D eigenvalue weighted by Gasteiger charge is -2.20. The van der Waals surface area contributed by atoms with Crippen molar-refractivity contribution < 1.29 is 24.5 Å². The molecule has 7 nitrogen and oxygen atoms in total. The second-order valence-corrected chi connectivity index (χ2v) is 3.27. The number of carbonyl (C=O) groups excluding carboxylic acids is 1. The van der Waals surface area contributed by atoms with E-state index in [2.05, 4.69) is 4.74 Å². The van der Waals surface area contributed by atoms with Gasteiger partial charge < -0.3 is 26.4 Å². The summed E-state index contributed by atoms with van der Waals surface area (Å²) in [5.41, 5.74) is 10.5. The second kappa shape index (κ2) is 5.64. The average molecular weight is 220 g/mol. The van der Waals surface area contributed by atoms with Crippen LogP contribution in [0.15, 0.2) is 0 Å². The molecule has 0 aromatic heterocycles. The molecule has 0 rings (SSSR count). The van der Waals surface area contributed by atoms with Gasteiger partial charge in [0.1, 0.15) is 18.2 Å². The quantitative estimate of drug-likeness (QED) is 0.395. The number of rotatable bonds is 5. The maximum absolute atomic E-state index is 11.2. The van der Waals surface area contributed by atoms with Gasteiger partial charge in [0.05, 0.1) is 6.10 Å². The van der Waals surface area contributed by atoms with Crippen LogP contribution >= 0.6 is 0 Å². The summed E-state index contributed by atoms with van der Waals surface area (Å²) < 4.78 is 4.67. The number of carboxylic acid groups (broad SMARTS) is 1. The molecule has 0 bridgehead atoms. The lowest BCUT2D eigenvalue weighted by molar-refractivity contribution is -0.156. The summed E-state index contributed by atoms with van der Waals surface area (Å²) in [6, 6.07) is -2.51. The highest BCUT2D eigenvalue weighted by atomic mass is 16.5. The molecule has 0 aliphatic heterocycles. The SMILES string of the molecule is CC(O)C(N)C(=O)O[C@H](C)[C@H](N)C(=O)O. The highest BCUT2D eigenvalue weighted by Gasteiger charge is 2.27. The predicted molar refractivity (Wildman–Crippen MR) is 50.8 cm³/mol. The van der Waals surface area contributed by atoms with Gasteiger partial charge in [0, 0.05) is 0 Å². The lowest BCUT2D eigenvalue weighted by atomic mass is 10.2. The molecule has 15 heavy (non-hydrogen) atoms. The third-order valence-electron chi connectivity index (χ3n) is 1.88. The Labute approximate surface area is 87.0 Å². The van der Waals surface area contributed by atoms with E-state index in [9.17, 15) is 9.59 Å². The number of esters is 1. The number of ether oxygens (including phenoxy) is 1. The zero-order chi connectivity index (χ0) is 12.2. The maximum atomic E-state index is 11.2. The van der Waals surface area contributed by atoms with Gasteiger partial charge in [-0.2, -0.15) is 0 Å². The summed E-state index contributed by atoms with van der Waals surface area (Å²) in [5.74, 6) is -2.16. The van der Waals surface area contributed by atoms with E-state index >= 15 is 0 Å². The van der Waals surface area contributed by atoms with E-state index < -0.39 is 36.2 Å². The summed E-state index contributed by atoms with van der Waals surface area (Å²) >= 11 is 0. The summed E-state index contributed by atoms with van der Waals surface area (Å²) in [5, 5.41) is 17.5. The minimum absolute atomic E-state index is 0.880. The van der Waals surface area contributed by atoms with Crippen LogP contribution in [-0.2, 0) is 14.3 Å². The first-order valence-corrected chi connectivity index (χ1v) is 4.40. The number of carbonyl (C=O) groups is 2. The Morgan fingerprint density at radius 3 is 2.00 bits per heavy atom. The van der Waals surface area contributed by atoms with Crippen LogP contribution in [0.3, 0.4) is 0 Å². The van der Waals surface area contributed by atoms with Crippen molar-refractivity contribution in [1.82, 2.24) is 0 Å². The minimum atomic E-state index is -1.31. The van der Waals surface area contributed by atoms with E-state index in [0.29, 0.717) is 0 Å². The van der Waals surface area contributed by atoms with Crippen molar-refractivity contribution in [3.8, 4) is 0 Å². The molecule has 0 radical (unpaired) electrons. The van der Waals surface area contributed by atoms with Crippen LogP contribution in [0.1, 0.15) is 13.8 Å². The van der Waals surface area contributed by atoms with Crippen molar-refractivity contribution in [2.75, 3.05) is 0 Å². The summed E-state index contributed by atoms with van der Waals surface area (Å²) in [6.45, 7) is 2.67. The van der Waals surface area contributed by atoms with Crippen molar-refractivity contribution in [2.45, 2.75) is 38.1 Å². The van der Waals surface area contributed by atoms with E-state index in [1.54, 1.807) is 0 Å². The fraction of sp³-hybridized carbons (Fsp3) is 0.750. The Morgan fingerprint density at radius 2 is 1.67 bits per heavy atom. The molecule has 0 aliphatic carbocycles. The van der Waals surface area contributed by atoms with Gasteiger partial charge in [-0.05, 0) is 13.8 Å². The fourth-order valence-corrected chi connectivity index (χ4v) is 0.733.